The predicted octanol–water partition coefficient (Wildman–Crippen LogP) is 2.96. The molecule has 0 radical (unpaired) electrons. The van der Waals surface area contributed by atoms with Crippen molar-refractivity contribution in [2.45, 2.75) is 25.9 Å². The van der Waals surface area contributed by atoms with E-state index in [2.05, 4.69) is 33.1 Å². The van der Waals surface area contributed by atoms with E-state index in [4.69, 9.17) is 4.74 Å². The zero-order valence-electron chi connectivity index (χ0n) is 12.0. The maximum atomic E-state index is 13.9. The molecule has 1 aromatic carbocycles. The van der Waals surface area contributed by atoms with Gasteiger partial charge < -0.3 is 10.1 Å². The summed E-state index contributed by atoms with van der Waals surface area (Å²) in [5.74, 6) is -0.169. The Labute approximate surface area is 128 Å². The maximum Gasteiger partial charge on any atom is 0.129 e. The number of rotatable bonds is 5. The molecular weight excluding hydrogens is 323 g/mol. The molecule has 0 aliphatic carbocycles. The van der Waals surface area contributed by atoms with Crippen molar-refractivity contribution in [2.24, 2.45) is 0 Å². The first kappa shape index (κ1) is 15.9. The highest BCUT2D eigenvalue weighted by molar-refractivity contribution is 9.10. The molecule has 1 aromatic rings. The quantitative estimate of drug-likeness (QED) is 0.888. The van der Waals surface area contributed by atoms with E-state index in [9.17, 15) is 4.39 Å². The number of halogens is 2. The van der Waals surface area contributed by atoms with Gasteiger partial charge in [-0.3, -0.25) is 4.90 Å². The lowest BCUT2D eigenvalue weighted by atomic mass is 10.1. The van der Waals surface area contributed by atoms with E-state index in [0.29, 0.717) is 11.6 Å². The number of hydrogen-bond donors (Lipinski definition) is 1. The molecule has 3 nitrogen and oxygen atoms in total. The number of ether oxygens (including phenoxy) is 1. The Morgan fingerprint density at radius 2 is 2.05 bits per heavy atom. The van der Waals surface area contributed by atoms with Gasteiger partial charge in [-0.25, -0.2) is 4.39 Å². The minimum Gasteiger partial charge on any atom is -0.379 e. The van der Waals surface area contributed by atoms with Crippen LogP contribution in [0.4, 0.5) is 4.39 Å². The van der Waals surface area contributed by atoms with E-state index in [1.165, 1.54) is 6.07 Å². The molecule has 1 fully saturated rings. The van der Waals surface area contributed by atoms with Crippen LogP contribution in [0.5, 0.6) is 0 Å². The first-order valence-corrected chi connectivity index (χ1v) is 7.86. The van der Waals surface area contributed by atoms with Gasteiger partial charge in [-0.2, -0.15) is 0 Å². The Bertz CT molecular complexity index is 438. The van der Waals surface area contributed by atoms with Gasteiger partial charge in [0.15, 0.2) is 0 Å². The number of morpholine rings is 1. The highest BCUT2D eigenvalue weighted by atomic mass is 79.9. The van der Waals surface area contributed by atoms with Crippen LogP contribution in [0.15, 0.2) is 22.7 Å². The normalized spacial score (nSPS) is 19.8. The third kappa shape index (κ3) is 4.52. The van der Waals surface area contributed by atoms with Crippen LogP contribution in [0.2, 0.25) is 0 Å². The average Bonchev–Trinajstić information content (AvgIpc) is 2.39. The van der Waals surface area contributed by atoms with Crippen molar-refractivity contribution in [2.75, 3.05) is 32.8 Å². The standard InChI is InChI=1S/C15H22BrFN2O/c1-11(10-19-5-7-20-8-6-19)18-12(2)14-4-3-13(16)9-15(14)17/h3-4,9,11-12,18H,5-8,10H2,1-2H3. The monoisotopic (exact) mass is 344 g/mol. The summed E-state index contributed by atoms with van der Waals surface area (Å²) >= 11 is 3.28. The van der Waals surface area contributed by atoms with Gasteiger partial charge in [0.2, 0.25) is 0 Å². The van der Waals surface area contributed by atoms with Crippen LogP contribution >= 0.6 is 15.9 Å². The first-order valence-electron chi connectivity index (χ1n) is 7.07. The number of nitrogens with zero attached hydrogens (tertiary/aromatic N) is 1. The second kappa shape index (κ2) is 7.50. The van der Waals surface area contributed by atoms with Gasteiger partial charge in [0.1, 0.15) is 5.82 Å². The van der Waals surface area contributed by atoms with E-state index in [0.717, 1.165) is 37.3 Å². The Morgan fingerprint density at radius 3 is 2.70 bits per heavy atom. The molecule has 0 spiro atoms. The van der Waals surface area contributed by atoms with Gasteiger partial charge >= 0.3 is 0 Å². The Kier molecular flexibility index (Phi) is 5.96. The molecule has 0 aromatic heterocycles. The van der Waals surface area contributed by atoms with E-state index in [1.54, 1.807) is 0 Å². The third-order valence-corrected chi connectivity index (χ3v) is 4.09. The van der Waals surface area contributed by atoms with Crippen LogP contribution in [0.25, 0.3) is 0 Å². The molecule has 112 valence electrons. The van der Waals surface area contributed by atoms with E-state index in [1.807, 2.05) is 19.1 Å². The summed E-state index contributed by atoms with van der Waals surface area (Å²) in [4.78, 5) is 2.38. The van der Waals surface area contributed by atoms with Crippen molar-refractivity contribution in [3.05, 3.63) is 34.1 Å². The van der Waals surface area contributed by atoms with E-state index < -0.39 is 0 Å². The third-order valence-electron chi connectivity index (χ3n) is 3.60. The second-order valence-electron chi connectivity index (χ2n) is 5.37. The summed E-state index contributed by atoms with van der Waals surface area (Å²) in [6, 6.07) is 5.53. The van der Waals surface area contributed by atoms with Crippen molar-refractivity contribution in [1.29, 1.82) is 0 Å². The fourth-order valence-corrected chi connectivity index (χ4v) is 2.93. The van der Waals surface area contributed by atoms with Gasteiger partial charge in [-0.05, 0) is 26.0 Å². The molecule has 2 unspecified atom stereocenters. The van der Waals surface area contributed by atoms with Gasteiger partial charge in [-0.1, -0.05) is 22.0 Å². The van der Waals surface area contributed by atoms with Crippen LogP contribution in [-0.2, 0) is 4.74 Å². The fourth-order valence-electron chi connectivity index (χ4n) is 2.59. The molecule has 0 saturated carbocycles. The molecule has 1 aliphatic heterocycles. The molecule has 2 rings (SSSR count). The largest absolute Gasteiger partial charge is 0.379 e. The topological polar surface area (TPSA) is 24.5 Å². The summed E-state index contributed by atoms with van der Waals surface area (Å²) in [7, 11) is 0. The zero-order valence-corrected chi connectivity index (χ0v) is 13.6. The van der Waals surface area contributed by atoms with Crippen molar-refractivity contribution < 1.29 is 9.13 Å². The molecule has 1 heterocycles. The lowest BCUT2D eigenvalue weighted by Gasteiger charge is -2.30. The summed E-state index contributed by atoms with van der Waals surface area (Å²) in [6.07, 6.45) is 0. The SMILES string of the molecule is CC(CN1CCOCC1)NC(C)c1ccc(Br)cc1F. The number of nitrogens with one attached hydrogen (secondary N) is 1. The maximum absolute atomic E-state index is 13.9. The van der Waals surface area contributed by atoms with Crippen molar-refractivity contribution in [3.63, 3.8) is 0 Å². The second-order valence-corrected chi connectivity index (χ2v) is 6.28. The van der Waals surface area contributed by atoms with Crippen LogP contribution in [0.1, 0.15) is 25.5 Å². The fraction of sp³-hybridized carbons (Fsp3) is 0.600. The highest BCUT2D eigenvalue weighted by Gasteiger charge is 2.17. The molecule has 1 aliphatic rings. The van der Waals surface area contributed by atoms with Gasteiger partial charge in [0, 0.05) is 41.8 Å². The molecule has 2 atom stereocenters. The first-order chi connectivity index (χ1) is 9.56. The minimum absolute atomic E-state index is 0.000796. The minimum atomic E-state index is -0.169. The van der Waals surface area contributed by atoms with Crippen molar-refractivity contribution >= 4 is 15.9 Å². The lowest BCUT2D eigenvalue weighted by molar-refractivity contribution is 0.0339. The van der Waals surface area contributed by atoms with Crippen molar-refractivity contribution in [3.8, 4) is 0 Å². The van der Waals surface area contributed by atoms with Crippen LogP contribution < -0.4 is 5.32 Å². The summed E-state index contributed by atoms with van der Waals surface area (Å²) in [5, 5.41) is 3.47. The summed E-state index contributed by atoms with van der Waals surface area (Å²) in [6.45, 7) is 8.68. The van der Waals surface area contributed by atoms with Crippen LogP contribution in [0.3, 0.4) is 0 Å². The van der Waals surface area contributed by atoms with Gasteiger partial charge in [0.05, 0.1) is 13.2 Å². The average molecular weight is 345 g/mol. The van der Waals surface area contributed by atoms with E-state index in [-0.39, 0.29) is 11.9 Å². The summed E-state index contributed by atoms with van der Waals surface area (Å²) in [5.41, 5.74) is 0.710. The van der Waals surface area contributed by atoms with Crippen molar-refractivity contribution in [1.82, 2.24) is 10.2 Å². The van der Waals surface area contributed by atoms with Crippen LogP contribution in [-0.4, -0.2) is 43.8 Å². The molecule has 0 bridgehead atoms. The highest BCUT2D eigenvalue weighted by Crippen LogP contribution is 2.21. The predicted molar refractivity (Wildman–Crippen MR) is 82.4 cm³/mol. The van der Waals surface area contributed by atoms with E-state index >= 15 is 0 Å². The smallest absolute Gasteiger partial charge is 0.129 e. The molecule has 20 heavy (non-hydrogen) atoms. The lowest BCUT2D eigenvalue weighted by Crippen LogP contribution is -2.45. The zero-order chi connectivity index (χ0) is 14.5. The van der Waals surface area contributed by atoms with Gasteiger partial charge in [-0.15, -0.1) is 0 Å². The number of benzene rings is 1. The van der Waals surface area contributed by atoms with Gasteiger partial charge in [0.25, 0.3) is 0 Å². The molecule has 0 amide bonds. The summed E-state index contributed by atoms with van der Waals surface area (Å²) < 4.78 is 20.0. The number of hydrogen-bond acceptors (Lipinski definition) is 3. The molecule has 1 saturated heterocycles. The van der Waals surface area contributed by atoms with Crippen LogP contribution in [0, 0.1) is 5.82 Å². The Hall–Kier alpha value is -0.490. The molecular formula is C15H22BrFN2O. The Balaban J connectivity index is 1.87. The Morgan fingerprint density at radius 1 is 1.35 bits per heavy atom. The molecule has 5 heteroatoms. The molecule has 1 N–H and O–H groups in total.